The van der Waals surface area contributed by atoms with Gasteiger partial charge in [-0.3, -0.25) is 9.78 Å². The highest BCUT2D eigenvalue weighted by Gasteiger charge is 2.23. The Labute approximate surface area is 139 Å². The molecule has 2 aromatic carbocycles. The van der Waals surface area contributed by atoms with E-state index in [1.54, 1.807) is 12.1 Å². The normalized spacial score (nSPS) is 13.1. The third-order valence-electron chi connectivity index (χ3n) is 4.23. The van der Waals surface area contributed by atoms with Crippen LogP contribution in [-0.4, -0.2) is 10.9 Å². The van der Waals surface area contributed by atoms with Crippen molar-refractivity contribution in [2.75, 3.05) is 5.32 Å². The SMILES string of the molecule is O=C(Nc1cccc(Cl)c1)c1c2c(nc3ccccc13)CCC2. The number of benzene rings is 2. The number of anilines is 1. The number of hydrogen-bond acceptors (Lipinski definition) is 2. The lowest BCUT2D eigenvalue weighted by molar-refractivity contribution is 0.102. The van der Waals surface area contributed by atoms with Crippen molar-refractivity contribution in [2.45, 2.75) is 19.3 Å². The minimum absolute atomic E-state index is 0.0935. The van der Waals surface area contributed by atoms with Crippen LogP contribution >= 0.6 is 11.6 Å². The molecule has 0 saturated carbocycles. The number of carbonyl (C=O) groups excluding carboxylic acids is 1. The lowest BCUT2D eigenvalue weighted by Crippen LogP contribution is -2.15. The maximum Gasteiger partial charge on any atom is 0.256 e. The molecule has 0 saturated heterocycles. The van der Waals surface area contributed by atoms with E-state index < -0.39 is 0 Å². The second kappa shape index (κ2) is 5.67. The standard InChI is InChI=1S/C19H15ClN2O/c20-12-5-3-6-13(11-12)21-19(23)18-14-7-1-2-9-16(14)22-17-10-4-8-15(17)18/h1-3,5-7,9,11H,4,8,10H2,(H,21,23). The molecule has 0 spiro atoms. The Hall–Kier alpha value is -2.39. The van der Waals surface area contributed by atoms with E-state index in [2.05, 4.69) is 5.32 Å². The summed E-state index contributed by atoms with van der Waals surface area (Å²) in [5.41, 5.74) is 4.48. The lowest BCUT2D eigenvalue weighted by atomic mass is 10.0. The number of hydrogen-bond donors (Lipinski definition) is 1. The number of rotatable bonds is 2. The molecule has 0 unspecified atom stereocenters. The van der Waals surface area contributed by atoms with Crippen LogP contribution in [0.2, 0.25) is 5.02 Å². The number of nitrogens with one attached hydrogen (secondary N) is 1. The summed E-state index contributed by atoms with van der Waals surface area (Å²) in [6, 6.07) is 15.0. The first kappa shape index (κ1) is 14.2. The van der Waals surface area contributed by atoms with E-state index in [4.69, 9.17) is 16.6 Å². The molecular formula is C19H15ClN2O. The van der Waals surface area contributed by atoms with Crippen molar-refractivity contribution in [3.05, 3.63) is 70.4 Å². The summed E-state index contributed by atoms with van der Waals surface area (Å²) in [7, 11) is 0. The van der Waals surface area contributed by atoms with Crippen LogP contribution in [0.25, 0.3) is 10.9 Å². The van der Waals surface area contributed by atoms with Crippen molar-refractivity contribution in [3.63, 3.8) is 0 Å². The summed E-state index contributed by atoms with van der Waals surface area (Å²) in [4.78, 5) is 17.6. The van der Waals surface area contributed by atoms with Crippen molar-refractivity contribution in [2.24, 2.45) is 0 Å². The van der Waals surface area contributed by atoms with Gasteiger partial charge in [0.05, 0.1) is 11.1 Å². The topological polar surface area (TPSA) is 42.0 Å². The molecule has 1 heterocycles. The van der Waals surface area contributed by atoms with Crippen LogP contribution in [-0.2, 0) is 12.8 Å². The zero-order chi connectivity index (χ0) is 15.8. The molecule has 0 fully saturated rings. The van der Waals surface area contributed by atoms with Crippen LogP contribution in [0.3, 0.4) is 0 Å². The number of halogens is 1. The van der Waals surface area contributed by atoms with E-state index in [0.717, 1.165) is 47.0 Å². The minimum atomic E-state index is -0.0935. The Balaban J connectivity index is 1.83. The number of para-hydroxylation sites is 1. The van der Waals surface area contributed by atoms with Crippen molar-refractivity contribution in [1.29, 1.82) is 0 Å². The van der Waals surface area contributed by atoms with Gasteiger partial charge in [-0.2, -0.15) is 0 Å². The summed E-state index contributed by atoms with van der Waals surface area (Å²) < 4.78 is 0. The summed E-state index contributed by atoms with van der Waals surface area (Å²) >= 11 is 6.00. The predicted molar refractivity (Wildman–Crippen MR) is 93.2 cm³/mol. The van der Waals surface area contributed by atoms with E-state index in [9.17, 15) is 4.79 Å². The van der Waals surface area contributed by atoms with E-state index >= 15 is 0 Å². The first-order chi connectivity index (χ1) is 11.2. The number of fused-ring (bicyclic) bond motifs is 2. The van der Waals surface area contributed by atoms with E-state index in [0.29, 0.717) is 10.7 Å². The average Bonchev–Trinajstić information content (AvgIpc) is 3.00. The molecule has 0 radical (unpaired) electrons. The van der Waals surface area contributed by atoms with Gasteiger partial charge in [0.2, 0.25) is 0 Å². The molecular weight excluding hydrogens is 308 g/mol. The second-order valence-electron chi connectivity index (χ2n) is 5.75. The molecule has 4 rings (SSSR count). The summed E-state index contributed by atoms with van der Waals surface area (Å²) in [6.45, 7) is 0. The van der Waals surface area contributed by atoms with Gasteiger partial charge in [0.15, 0.2) is 0 Å². The fourth-order valence-corrected chi connectivity index (χ4v) is 3.42. The molecule has 1 amide bonds. The van der Waals surface area contributed by atoms with Crippen LogP contribution < -0.4 is 5.32 Å². The summed E-state index contributed by atoms with van der Waals surface area (Å²) in [5.74, 6) is -0.0935. The van der Waals surface area contributed by atoms with Gasteiger partial charge in [-0.1, -0.05) is 35.9 Å². The largest absolute Gasteiger partial charge is 0.322 e. The highest BCUT2D eigenvalue weighted by atomic mass is 35.5. The van der Waals surface area contributed by atoms with Crippen LogP contribution in [0.15, 0.2) is 48.5 Å². The third-order valence-corrected chi connectivity index (χ3v) is 4.46. The number of pyridine rings is 1. The number of aromatic nitrogens is 1. The molecule has 23 heavy (non-hydrogen) atoms. The zero-order valence-corrected chi connectivity index (χ0v) is 13.2. The van der Waals surface area contributed by atoms with E-state index in [1.807, 2.05) is 36.4 Å². The van der Waals surface area contributed by atoms with Gasteiger partial charge < -0.3 is 5.32 Å². The Morgan fingerprint density at radius 3 is 2.83 bits per heavy atom. The number of nitrogens with zero attached hydrogens (tertiary/aromatic N) is 1. The maximum absolute atomic E-state index is 12.9. The van der Waals surface area contributed by atoms with E-state index in [-0.39, 0.29) is 5.91 Å². The van der Waals surface area contributed by atoms with Gasteiger partial charge in [-0.05, 0) is 49.1 Å². The van der Waals surface area contributed by atoms with Crippen LogP contribution in [0.1, 0.15) is 28.0 Å². The molecule has 3 aromatic rings. The molecule has 0 bridgehead atoms. The Morgan fingerprint density at radius 2 is 1.96 bits per heavy atom. The molecule has 4 heteroatoms. The summed E-state index contributed by atoms with van der Waals surface area (Å²) in [6.07, 6.45) is 2.90. The fraction of sp³-hybridized carbons (Fsp3) is 0.158. The van der Waals surface area contributed by atoms with Crippen molar-refractivity contribution in [3.8, 4) is 0 Å². The van der Waals surface area contributed by atoms with Crippen molar-refractivity contribution in [1.82, 2.24) is 4.98 Å². The van der Waals surface area contributed by atoms with Crippen molar-refractivity contribution < 1.29 is 4.79 Å². The molecule has 1 N–H and O–H groups in total. The molecule has 114 valence electrons. The molecule has 1 aliphatic carbocycles. The zero-order valence-electron chi connectivity index (χ0n) is 12.5. The minimum Gasteiger partial charge on any atom is -0.322 e. The van der Waals surface area contributed by atoms with Gasteiger partial charge in [0.25, 0.3) is 5.91 Å². The Bertz CT molecular complexity index is 920. The Morgan fingerprint density at radius 1 is 1.09 bits per heavy atom. The van der Waals surface area contributed by atoms with Gasteiger partial charge in [-0.25, -0.2) is 0 Å². The maximum atomic E-state index is 12.9. The second-order valence-corrected chi connectivity index (χ2v) is 6.18. The van der Waals surface area contributed by atoms with E-state index in [1.165, 1.54) is 0 Å². The highest BCUT2D eigenvalue weighted by molar-refractivity contribution is 6.31. The quantitative estimate of drug-likeness (QED) is 0.747. The lowest BCUT2D eigenvalue weighted by Gasteiger charge is -2.13. The monoisotopic (exact) mass is 322 g/mol. The summed E-state index contributed by atoms with van der Waals surface area (Å²) in [5, 5.41) is 4.48. The van der Waals surface area contributed by atoms with Gasteiger partial charge in [-0.15, -0.1) is 0 Å². The molecule has 3 nitrogen and oxygen atoms in total. The highest BCUT2D eigenvalue weighted by Crippen LogP contribution is 2.30. The number of aryl methyl sites for hydroxylation is 1. The fourth-order valence-electron chi connectivity index (χ4n) is 3.23. The Kier molecular flexibility index (Phi) is 3.50. The molecule has 0 aliphatic heterocycles. The van der Waals surface area contributed by atoms with Gasteiger partial charge in [0, 0.05) is 21.8 Å². The number of amides is 1. The third kappa shape index (κ3) is 2.57. The smallest absolute Gasteiger partial charge is 0.256 e. The average molecular weight is 323 g/mol. The van der Waals surface area contributed by atoms with Crippen LogP contribution in [0, 0.1) is 0 Å². The number of carbonyl (C=O) groups is 1. The predicted octanol–water partition coefficient (Wildman–Crippen LogP) is 4.63. The molecule has 0 atom stereocenters. The van der Waals surface area contributed by atoms with Gasteiger partial charge in [0.1, 0.15) is 0 Å². The first-order valence-corrected chi connectivity index (χ1v) is 8.07. The van der Waals surface area contributed by atoms with Crippen LogP contribution in [0.5, 0.6) is 0 Å². The molecule has 1 aromatic heterocycles. The first-order valence-electron chi connectivity index (χ1n) is 7.70. The molecule has 1 aliphatic rings. The van der Waals surface area contributed by atoms with Crippen LogP contribution in [0.4, 0.5) is 5.69 Å². The van der Waals surface area contributed by atoms with Gasteiger partial charge >= 0.3 is 0 Å². The van der Waals surface area contributed by atoms with Crippen molar-refractivity contribution >= 4 is 34.1 Å².